The van der Waals surface area contributed by atoms with Gasteiger partial charge in [0.05, 0.1) is 7.11 Å². The van der Waals surface area contributed by atoms with Crippen molar-refractivity contribution in [1.82, 2.24) is 5.48 Å². The predicted molar refractivity (Wildman–Crippen MR) is 59.5 cm³/mol. The number of halogens is 1. The third kappa shape index (κ3) is 3.15. The maximum Gasteiger partial charge on any atom is 0.277 e. The molecular formula is C10H16ClNO3. The van der Waals surface area contributed by atoms with Crippen LogP contribution in [0.1, 0.15) is 5.56 Å². The number of hydrogen-bond donors (Lipinski definition) is 1. The maximum atomic E-state index is 5.26. The zero-order valence-electron chi connectivity index (χ0n) is 9.02. The fourth-order valence-electron chi connectivity index (χ4n) is 1.25. The van der Waals surface area contributed by atoms with Gasteiger partial charge in [0.25, 0.3) is 5.91 Å². The van der Waals surface area contributed by atoms with Gasteiger partial charge in [-0.3, -0.25) is 0 Å². The van der Waals surface area contributed by atoms with Crippen molar-refractivity contribution in [2.75, 3.05) is 21.3 Å². The molecular weight excluding hydrogens is 218 g/mol. The molecule has 0 saturated heterocycles. The van der Waals surface area contributed by atoms with Crippen molar-refractivity contribution >= 4 is 12.4 Å². The zero-order chi connectivity index (χ0) is 10.4. The van der Waals surface area contributed by atoms with E-state index in [1.54, 1.807) is 14.2 Å². The minimum absolute atomic E-state index is 0. The first kappa shape index (κ1) is 14.3. The van der Waals surface area contributed by atoms with Gasteiger partial charge >= 0.3 is 0 Å². The van der Waals surface area contributed by atoms with E-state index in [0.717, 1.165) is 5.56 Å². The Labute approximate surface area is 95.9 Å². The van der Waals surface area contributed by atoms with Gasteiger partial charge < -0.3 is 14.3 Å². The number of ether oxygens (including phenoxy) is 2. The van der Waals surface area contributed by atoms with E-state index in [-0.39, 0.29) is 12.4 Å². The fraction of sp³-hybridized carbons (Fsp3) is 0.400. The van der Waals surface area contributed by atoms with Gasteiger partial charge in [-0.25, -0.2) is 0 Å². The van der Waals surface area contributed by atoms with E-state index >= 15 is 0 Å². The molecule has 1 rings (SSSR count). The van der Waals surface area contributed by atoms with Crippen LogP contribution in [-0.4, -0.2) is 21.3 Å². The lowest BCUT2D eigenvalue weighted by molar-refractivity contribution is -0.289. The van der Waals surface area contributed by atoms with Gasteiger partial charge in [-0.15, -0.1) is 17.9 Å². The Balaban J connectivity index is 0.00000196. The van der Waals surface area contributed by atoms with Crippen LogP contribution in [0.3, 0.4) is 0 Å². The second-order valence-electron chi connectivity index (χ2n) is 2.70. The van der Waals surface area contributed by atoms with Crippen molar-refractivity contribution in [3.8, 4) is 0 Å². The summed E-state index contributed by atoms with van der Waals surface area (Å²) in [4.78, 5) is 4.84. The van der Waals surface area contributed by atoms with Gasteiger partial charge in [0.15, 0.2) is 0 Å². The minimum atomic E-state index is -1.05. The van der Waals surface area contributed by atoms with Crippen LogP contribution in [0.25, 0.3) is 0 Å². The van der Waals surface area contributed by atoms with Gasteiger partial charge in [-0.1, -0.05) is 30.3 Å². The summed E-state index contributed by atoms with van der Waals surface area (Å²) >= 11 is 0. The minimum Gasteiger partial charge on any atom is -0.335 e. The Morgan fingerprint density at radius 2 is 1.53 bits per heavy atom. The lowest BCUT2D eigenvalue weighted by Crippen LogP contribution is -2.45. The average molecular weight is 234 g/mol. The van der Waals surface area contributed by atoms with E-state index < -0.39 is 5.91 Å². The third-order valence-corrected chi connectivity index (χ3v) is 1.97. The molecule has 0 aliphatic carbocycles. The van der Waals surface area contributed by atoms with E-state index in [1.807, 2.05) is 30.3 Å². The average Bonchev–Trinajstić information content (AvgIpc) is 2.27. The van der Waals surface area contributed by atoms with Crippen LogP contribution in [-0.2, 0) is 20.2 Å². The van der Waals surface area contributed by atoms with E-state index in [0.29, 0.717) is 0 Å². The molecule has 5 heteroatoms. The molecule has 0 heterocycles. The number of methoxy groups -OCH3 is 2. The molecule has 0 bridgehead atoms. The normalized spacial score (nSPS) is 10.9. The molecule has 0 amide bonds. The van der Waals surface area contributed by atoms with Gasteiger partial charge in [0, 0.05) is 19.8 Å². The molecule has 0 saturated carbocycles. The Hall–Kier alpha value is -0.650. The van der Waals surface area contributed by atoms with Crippen molar-refractivity contribution in [3.05, 3.63) is 35.9 Å². The molecule has 0 aliphatic rings. The second kappa shape index (κ2) is 6.76. The Morgan fingerprint density at radius 1 is 1.00 bits per heavy atom. The fourth-order valence-corrected chi connectivity index (χ4v) is 1.25. The summed E-state index contributed by atoms with van der Waals surface area (Å²) in [6.07, 6.45) is 0. The predicted octanol–water partition coefficient (Wildman–Crippen LogP) is 1.66. The molecule has 0 aromatic heterocycles. The smallest absolute Gasteiger partial charge is 0.277 e. The number of nitrogens with one attached hydrogen (secondary N) is 1. The van der Waals surface area contributed by atoms with Crippen LogP contribution in [0, 0.1) is 0 Å². The molecule has 0 aliphatic heterocycles. The van der Waals surface area contributed by atoms with E-state index in [2.05, 4.69) is 5.48 Å². The highest BCUT2D eigenvalue weighted by molar-refractivity contribution is 5.85. The van der Waals surface area contributed by atoms with Crippen LogP contribution in [0.4, 0.5) is 0 Å². The zero-order valence-corrected chi connectivity index (χ0v) is 9.84. The topological polar surface area (TPSA) is 39.7 Å². The first-order valence-electron chi connectivity index (χ1n) is 4.25. The highest BCUT2D eigenvalue weighted by atomic mass is 35.5. The summed E-state index contributed by atoms with van der Waals surface area (Å²) in [6.45, 7) is 0. The number of hydrogen-bond acceptors (Lipinski definition) is 4. The van der Waals surface area contributed by atoms with Crippen LogP contribution in [0.5, 0.6) is 0 Å². The Bertz CT molecular complexity index is 265. The highest BCUT2D eigenvalue weighted by Gasteiger charge is 2.31. The van der Waals surface area contributed by atoms with Crippen LogP contribution >= 0.6 is 12.4 Å². The third-order valence-electron chi connectivity index (χ3n) is 1.97. The SMILES string of the molecule is CONC(OC)(OC)c1ccccc1.Cl. The second-order valence-corrected chi connectivity index (χ2v) is 2.70. The standard InChI is InChI=1S/C10H15NO3.ClH/c1-12-10(13-2,11-14-3)9-7-5-4-6-8-9;/h4-8,11H,1-3H3;1H. The summed E-state index contributed by atoms with van der Waals surface area (Å²) in [6, 6.07) is 9.50. The Morgan fingerprint density at radius 3 is 1.93 bits per heavy atom. The van der Waals surface area contributed by atoms with E-state index in [1.165, 1.54) is 7.11 Å². The molecule has 1 aromatic carbocycles. The van der Waals surface area contributed by atoms with Crippen molar-refractivity contribution in [2.24, 2.45) is 0 Å². The van der Waals surface area contributed by atoms with Crippen molar-refractivity contribution in [2.45, 2.75) is 5.91 Å². The lowest BCUT2D eigenvalue weighted by Gasteiger charge is -2.30. The molecule has 0 spiro atoms. The first-order chi connectivity index (χ1) is 6.79. The first-order valence-corrected chi connectivity index (χ1v) is 4.25. The van der Waals surface area contributed by atoms with Gasteiger partial charge in [-0.05, 0) is 0 Å². The van der Waals surface area contributed by atoms with E-state index in [9.17, 15) is 0 Å². The largest absolute Gasteiger partial charge is 0.335 e. The van der Waals surface area contributed by atoms with E-state index in [4.69, 9.17) is 14.3 Å². The molecule has 1 aromatic rings. The molecule has 0 radical (unpaired) electrons. The quantitative estimate of drug-likeness (QED) is 0.620. The number of benzene rings is 1. The van der Waals surface area contributed by atoms with Crippen molar-refractivity contribution in [1.29, 1.82) is 0 Å². The molecule has 0 atom stereocenters. The molecule has 0 fully saturated rings. The maximum absolute atomic E-state index is 5.26. The summed E-state index contributed by atoms with van der Waals surface area (Å²) < 4.78 is 10.5. The Kier molecular flexibility index (Phi) is 6.47. The molecule has 15 heavy (non-hydrogen) atoms. The summed E-state index contributed by atoms with van der Waals surface area (Å²) in [5.74, 6) is -1.05. The van der Waals surface area contributed by atoms with Gasteiger partial charge in [0.1, 0.15) is 0 Å². The highest BCUT2D eigenvalue weighted by Crippen LogP contribution is 2.22. The number of rotatable bonds is 5. The molecule has 1 N–H and O–H groups in total. The van der Waals surface area contributed by atoms with Crippen LogP contribution in [0.2, 0.25) is 0 Å². The molecule has 4 nitrogen and oxygen atoms in total. The lowest BCUT2D eigenvalue weighted by atomic mass is 10.1. The van der Waals surface area contributed by atoms with Gasteiger partial charge in [-0.2, -0.15) is 0 Å². The van der Waals surface area contributed by atoms with Crippen molar-refractivity contribution < 1.29 is 14.3 Å². The molecule has 86 valence electrons. The van der Waals surface area contributed by atoms with Crippen LogP contribution < -0.4 is 5.48 Å². The monoisotopic (exact) mass is 233 g/mol. The summed E-state index contributed by atoms with van der Waals surface area (Å²) in [5, 5.41) is 0. The summed E-state index contributed by atoms with van der Waals surface area (Å²) in [7, 11) is 4.60. The van der Waals surface area contributed by atoms with Gasteiger partial charge in [0.2, 0.25) is 0 Å². The van der Waals surface area contributed by atoms with Crippen LogP contribution in [0.15, 0.2) is 30.3 Å². The molecule has 0 unspecified atom stereocenters. The summed E-state index contributed by atoms with van der Waals surface area (Å²) in [5.41, 5.74) is 3.51. The number of hydroxylamine groups is 1. The van der Waals surface area contributed by atoms with Crippen molar-refractivity contribution in [3.63, 3.8) is 0 Å².